The molecule has 0 fully saturated rings. The van der Waals surface area contributed by atoms with Crippen molar-refractivity contribution in [3.05, 3.63) is 83.4 Å². The summed E-state index contributed by atoms with van der Waals surface area (Å²) in [5.74, 6) is -0.384. The Bertz CT molecular complexity index is 1320. The van der Waals surface area contributed by atoms with Crippen molar-refractivity contribution in [2.45, 2.75) is 4.90 Å². The van der Waals surface area contributed by atoms with E-state index in [1.165, 1.54) is 47.0 Å². The quantitative estimate of drug-likeness (QED) is 0.456. The first-order valence-electron chi connectivity index (χ1n) is 8.87. The molecule has 0 unspecified atom stereocenters. The van der Waals surface area contributed by atoms with Crippen molar-refractivity contribution in [2.24, 2.45) is 0 Å². The molecule has 1 amide bonds. The number of rotatable bonds is 5. The summed E-state index contributed by atoms with van der Waals surface area (Å²) in [4.78, 5) is 17.0. The van der Waals surface area contributed by atoms with E-state index in [4.69, 9.17) is 11.6 Å². The highest BCUT2D eigenvalue weighted by atomic mass is 35.5. The fraction of sp³-hybridized carbons (Fsp3) is 0.0476. The Morgan fingerprint density at radius 1 is 1.00 bits per heavy atom. The van der Waals surface area contributed by atoms with Crippen LogP contribution in [0.25, 0.3) is 10.2 Å². The van der Waals surface area contributed by atoms with Gasteiger partial charge in [0.05, 0.1) is 20.3 Å². The number of para-hydroxylation sites is 2. The number of fused-ring (bicyclic) bond motifs is 1. The number of amides is 1. The van der Waals surface area contributed by atoms with Gasteiger partial charge < -0.3 is 0 Å². The Morgan fingerprint density at radius 2 is 1.70 bits per heavy atom. The van der Waals surface area contributed by atoms with Crippen molar-refractivity contribution < 1.29 is 13.2 Å². The second-order valence-corrected chi connectivity index (χ2v) is 9.80. The summed E-state index contributed by atoms with van der Waals surface area (Å²) < 4.78 is 27.7. The molecule has 0 aliphatic heterocycles. The molecule has 0 aliphatic rings. The first kappa shape index (κ1) is 20.3. The molecule has 30 heavy (non-hydrogen) atoms. The monoisotopic (exact) mass is 457 g/mol. The molecule has 0 radical (unpaired) electrons. The standard InChI is InChI=1S/C21H16ClN3O3S2/c1-25(15-6-3-2-4-7-15)30(27,28)16-12-10-14(11-13-16)20(26)24-21-23-19-17(22)8-5-9-18(19)29-21/h2-13H,1H3,(H,23,24,26). The Hall–Kier alpha value is -2.94. The normalized spacial score (nSPS) is 11.4. The van der Waals surface area contributed by atoms with Gasteiger partial charge in [-0.1, -0.05) is 47.2 Å². The number of carbonyl (C=O) groups excluding carboxylic acids is 1. The van der Waals surface area contributed by atoms with Crippen molar-refractivity contribution in [3.63, 3.8) is 0 Å². The summed E-state index contributed by atoms with van der Waals surface area (Å²) in [5, 5.41) is 3.67. The van der Waals surface area contributed by atoms with Gasteiger partial charge in [0, 0.05) is 12.6 Å². The lowest BCUT2D eigenvalue weighted by atomic mass is 10.2. The van der Waals surface area contributed by atoms with E-state index in [9.17, 15) is 13.2 Å². The van der Waals surface area contributed by atoms with Gasteiger partial charge in [-0.25, -0.2) is 13.4 Å². The molecular weight excluding hydrogens is 442 g/mol. The van der Waals surface area contributed by atoms with Gasteiger partial charge in [0.2, 0.25) is 0 Å². The maximum atomic E-state index is 12.8. The summed E-state index contributed by atoms with van der Waals surface area (Å²) in [7, 11) is -2.25. The number of carbonyl (C=O) groups is 1. The fourth-order valence-electron chi connectivity index (χ4n) is 2.85. The van der Waals surface area contributed by atoms with Crippen LogP contribution in [0.5, 0.6) is 0 Å². The van der Waals surface area contributed by atoms with Crippen LogP contribution >= 0.6 is 22.9 Å². The maximum absolute atomic E-state index is 12.8. The minimum absolute atomic E-state index is 0.0946. The van der Waals surface area contributed by atoms with Gasteiger partial charge in [-0.2, -0.15) is 0 Å². The van der Waals surface area contributed by atoms with Crippen molar-refractivity contribution >= 4 is 59.9 Å². The smallest absolute Gasteiger partial charge is 0.264 e. The van der Waals surface area contributed by atoms with E-state index >= 15 is 0 Å². The zero-order valence-corrected chi connectivity index (χ0v) is 18.1. The third-order valence-corrected chi connectivity index (χ3v) is 7.53. The molecule has 1 heterocycles. The number of hydrogen-bond acceptors (Lipinski definition) is 5. The predicted octanol–water partition coefficient (Wildman–Crippen LogP) is 5.03. The number of aromatic nitrogens is 1. The molecule has 1 aromatic heterocycles. The molecular formula is C21H16ClN3O3S2. The lowest BCUT2D eigenvalue weighted by molar-refractivity contribution is 0.102. The van der Waals surface area contributed by atoms with E-state index in [-0.39, 0.29) is 10.8 Å². The Balaban J connectivity index is 1.53. The molecule has 4 rings (SSSR count). The minimum atomic E-state index is -3.74. The predicted molar refractivity (Wildman–Crippen MR) is 121 cm³/mol. The molecule has 9 heteroatoms. The number of halogens is 1. The third-order valence-electron chi connectivity index (χ3n) is 4.48. The van der Waals surface area contributed by atoms with Gasteiger partial charge in [-0.3, -0.25) is 14.4 Å². The van der Waals surface area contributed by atoms with Crippen LogP contribution in [-0.4, -0.2) is 26.4 Å². The molecule has 4 aromatic rings. The van der Waals surface area contributed by atoms with Crippen LogP contribution < -0.4 is 9.62 Å². The topological polar surface area (TPSA) is 79.4 Å². The summed E-state index contributed by atoms with van der Waals surface area (Å²) in [6.07, 6.45) is 0. The molecule has 0 saturated heterocycles. The van der Waals surface area contributed by atoms with Gasteiger partial charge >= 0.3 is 0 Å². The average Bonchev–Trinajstić information content (AvgIpc) is 3.17. The van der Waals surface area contributed by atoms with Crippen LogP contribution in [-0.2, 0) is 10.0 Å². The average molecular weight is 458 g/mol. The molecule has 6 nitrogen and oxygen atoms in total. The van der Waals surface area contributed by atoms with Crippen molar-refractivity contribution in [1.82, 2.24) is 4.98 Å². The number of nitrogens with one attached hydrogen (secondary N) is 1. The van der Waals surface area contributed by atoms with E-state index < -0.39 is 10.0 Å². The second-order valence-electron chi connectivity index (χ2n) is 6.39. The molecule has 0 bridgehead atoms. The molecule has 0 atom stereocenters. The van der Waals surface area contributed by atoms with E-state index in [1.54, 1.807) is 30.3 Å². The van der Waals surface area contributed by atoms with Crippen LogP contribution in [0, 0.1) is 0 Å². The van der Waals surface area contributed by atoms with Gasteiger partial charge in [0.1, 0.15) is 5.52 Å². The zero-order valence-electron chi connectivity index (χ0n) is 15.7. The summed E-state index contributed by atoms with van der Waals surface area (Å²) in [5.41, 5.74) is 1.50. The highest BCUT2D eigenvalue weighted by Gasteiger charge is 2.21. The van der Waals surface area contributed by atoms with Crippen LogP contribution in [0.4, 0.5) is 10.8 Å². The Morgan fingerprint density at radius 3 is 2.37 bits per heavy atom. The van der Waals surface area contributed by atoms with Gasteiger partial charge in [-0.15, -0.1) is 0 Å². The van der Waals surface area contributed by atoms with Gasteiger partial charge in [0.25, 0.3) is 15.9 Å². The van der Waals surface area contributed by atoms with Gasteiger partial charge in [-0.05, 0) is 48.5 Å². The van der Waals surface area contributed by atoms with Crippen LogP contribution in [0.3, 0.4) is 0 Å². The molecule has 0 spiro atoms. The summed E-state index contributed by atoms with van der Waals surface area (Å²) in [6, 6.07) is 20.0. The van der Waals surface area contributed by atoms with E-state index in [0.29, 0.717) is 26.9 Å². The van der Waals surface area contributed by atoms with Crippen LogP contribution in [0.15, 0.2) is 77.7 Å². The third kappa shape index (κ3) is 3.89. The van der Waals surface area contributed by atoms with E-state index in [0.717, 1.165) is 4.70 Å². The molecule has 1 N–H and O–H groups in total. The summed E-state index contributed by atoms with van der Waals surface area (Å²) >= 11 is 7.44. The van der Waals surface area contributed by atoms with E-state index in [1.807, 2.05) is 18.2 Å². The second kappa shape index (κ2) is 8.06. The lowest BCUT2D eigenvalue weighted by Gasteiger charge is -2.19. The molecule has 0 saturated carbocycles. The SMILES string of the molecule is CN(c1ccccc1)S(=O)(=O)c1ccc(C(=O)Nc2nc3c(Cl)cccc3s2)cc1. The number of nitrogens with zero attached hydrogens (tertiary/aromatic N) is 2. The number of thiazole rings is 1. The number of benzene rings is 3. The fourth-order valence-corrected chi connectivity index (χ4v) is 5.21. The Labute approximate surface area is 182 Å². The van der Waals surface area contributed by atoms with Crippen molar-refractivity contribution in [1.29, 1.82) is 0 Å². The van der Waals surface area contributed by atoms with E-state index in [2.05, 4.69) is 10.3 Å². The molecule has 152 valence electrons. The lowest BCUT2D eigenvalue weighted by Crippen LogP contribution is -2.26. The molecule has 0 aliphatic carbocycles. The largest absolute Gasteiger partial charge is 0.298 e. The number of anilines is 2. The molecule has 3 aromatic carbocycles. The number of hydrogen-bond donors (Lipinski definition) is 1. The van der Waals surface area contributed by atoms with Gasteiger partial charge in [0.15, 0.2) is 5.13 Å². The summed E-state index contributed by atoms with van der Waals surface area (Å²) in [6.45, 7) is 0. The van der Waals surface area contributed by atoms with Crippen molar-refractivity contribution in [2.75, 3.05) is 16.7 Å². The highest BCUT2D eigenvalue weighted by Crippen LogP contribution is 2.31. The van der Waals surface area contributed by atoms with Crippen LogP contribution in [0.2, 0.25) is 5.02 Å². The zero-order chi connectivity index (χ0) is 21.3. The first-order valence-corrected chi connectivity index (χ1v) is 11.5. The van der Waals surface area contributed by atoms with Crippen LogP contribution in [0.1, 0.15) is 10.4 Å². The maximum Gasteiger partial charge on any atom is 0.264 e. The van der Waals surface area contributed by atoms with Crippen molar-refractivity contribution in [3.8, 4) is 0 Å². The highest BCUT2D eigenvalue weighted by molar-refractivity contribution is 7.92. The Kier molecular flexibility index (Phi) is 5.46. The first-order chi connectivity index (χ1) is 14.4. The minimum Gasteiger partial charge on any atom is -0.298 e. The number of sulfonamides is 1.